The van der Waals surface area contributed by atoms with Crippen LogP contribution in [0.2, 0.25) is 0 Å². The van der Waals surface area contributed by atoms with E-state index in [1.165, 1.54) is 18.3 Å². The molecule has 0 atom stereocenters. The molecule has 0 unspecified atom stereocenters. The molecule has 0 saturated carbocycles. The molecule has 0 spiro atoms. The first-order valence-corrected chi connectivity index (χ1v) is 5.97. The zero-order chi connectivity index (χ0) is 14.6. The molecule has 1 aliphatic heterocycles. The summed E-state index contributed by atoms with van der Waals surface area (Å²) in [4.78, 5) is 26.1. The van der Waals surface area contributed by atoms with E-state index in [2.05, 4.69) is 15.6 Å². The van der Waals surface area contributed by atoms with Crippen molar-refractivity contribution in [2.75, 3.05) is 31.7 Å². The van der Waals surface area contributed by atoms with Crippen LogP contribution in [0.15, 0.2) is 18.3 Å². The van der Waals surface area contributed by atoms with Crippen LogP contribution >= 0.6 is 0 Å². The number of aromatic nitrogens is 1. The molecule has 2 rings (SSSR count). The van der Waals surface area contributed by atoms with Crippen LogP contribution in [0, 0.1) is 5.41 Å². The van der Waals surface area contributed by atoms with Crippen LogP contribution in [0.3, 0.4) is 0 Å². The van der Waals surface area contributed by atoms with Gasteiger partial charge in [-0.05, 0) is 12.1 Å². The van der Waals surface area contributed by atoms with Gasteiger partial charge >= 0.3 is 6.09 Å². The summed E-state index contributed by atoms with van der Waals surface area (Å²) in [5.74, 6) is -0.383. The number of nitrogens with zero attached hydrogens (tertiary/aromatic N) is 1. The Bertz CT molecular complexity index is 493. The van der Waals surface area contributed by atoms with Gasteiger partial charge < -0.3 is 20.3 Å². The van der Waals surface area contributed by atoms with Gasteiger partial charge in [-0.25, -0.2) is 9.78 Å². The summed E-state index contributed by atoms with van der Waals surface area (Å²) >= 11 is 0. The van der Waals surface area contributed by atoms with Gasteiger partial charge in [0.25, 0.3) is 5.91 Å². The van der Waals surface area contributed by atoms with Crippen LogP contribution in [0.25, 0.3) is 0 Å². The summed E-state index contributed by atoms with van der Waals surface area (Å²) in [7, 11) is 0. The van der Waals surface area contributed by atoms with Crippen molar-refractivity contribution in [3.63, 3.8) is 0 Å². The smallest absolute Gasteiger partial charge is 0.409 e. The number of rotatable bonds is 5. The Morgan fingerprint density at radius 1 is 1.40 bits per heavy atom. The molecule has 0 radical (unpaired) electrons. The Labute approximate surface area is 114 Å². The molecule has 4 N–H and O–H groups in total. The van der Waals surface area contributed by atoms with Crippen LogP contribution in [0.4, 0.5) is 10.5 Å². The van der Waals surface area contributed by atoms with Crippen molar-refractivity contribution >= 4 is 17.7 Å². The molecule has 0 aliphatic carbocycles. The molecular formula is C12H15N3O5. The van der Waals surface area contributed by atoms with Crippen molar-refractivity contribution in [3.05, 3.63) is 24.0 Å². The van der Waals surface area contributed by atoms with E-state index in [-0.39, 0.29) is 23.9 Å². The normalized spacial score (nSPS) is 16.1. The minimum Gasteiger partial charge on any atom is -0.465 e. The number of carboxylic acid groups (broad SMARTS) is 1. The lowest BCUT2D eigenvalue weighted by molar-refractivity contribution is -0.133. The van der Waals surface area contributed by atoms with Crippen LogP contribution in [0.1, 0.15) is 10.5 Å². The molecule has 1 aromatic heterocycles. The monoisotopic (exact) mass is 281 g/mol. The molecule has 1 saturated heterocycles. The lowest BCUT2D eigenvalue weighted by atomic mass is 9.87. The molecule has 0 aromatic carbocycles. The van der Waals surface area contributed by atoms with Gasteiger partial charge in [-0.15, -0.1) is 0 Å². The molecule has 2 heterocycles. The predicted molar refractivity (Wildman–Crippen MR) is 68.6 cm³/mol. The van der Waals surface area contributed by atoms with Gasteiger partial charge in [-0.3, -0.25) is 10.1 Å². The number of nitrogens with one attached hydrogen (secondary N) is 2. The highest BCUT2D eigenvalue weighted by molar-refractivity contribution is 5.92. The number of amides is 2. The second-order valence-electron chi connectivity index (χ2n) is 4.70. The minimum absolute atomic E-state index is 0.0534. The van der Waals surface area contributed by atoms with E-state index in [0.29, 0.717) is 19.8 Å². The maximum Gasteiger partial charge on any atom is 0.409 e. The number of hydrogen-bond acceptors (Lipinski definition) is 5. The SMILES string of the molecule is O=C(O)Nc1ccc(C(=O)NCC2(CO)COC2)nc1. The van der Waals surface area contributed by atoms with Gasteiger partial charge in [0.1, 0.15) is 5.69 Å². The summed E-state index contributed by atoms with van der Waals surface area (Å²) in [6, 6.07) is 2.87. The lowest BCUT2D eigenvalue weighted by Gasteiger charge is -2.39. The quantitative estimate of drug-likeness (QED) is 0.598. The number of aliphatic hydroxyl groups is 1. The fourth-order valence-corrected chi connectivity index (χ4v) is 1.72. The van der Waals surface area contributed by atoms with Crippen molar-refractivity contribution in [2.45, 2.75) is 0 Å². The summed E-state index contributed by atoms with van der Waals surface area (Å²) in [6.45, 7) is 1.08. The molecule has 1 aliphatic rings. The average molecular weight is 281 g/mol. The average Bonchev–Trinajstić information content (AvgIpc) is 2.38. The molecule has 2 amide bonds. The van der Waals surface area contributed by atoms with Crippen LogP contribution in [-0.2, 0) is 4.74 Å². The third-order valence-corrected chi connectivity index (χ3v) is 3.02. The van der Waals surface area contributed by atoms with Crippen LogP contribution in [0.5, 0.6) is 0 Å². The van der Waals surface area contributed by atoms with Gasteiger partial charge in [0.05, 0.1) is 37.1 Å². The number of carbonyl (C=O) groups excluding carboxylic acids is 1. The van der Waals surface area contributed by atoms with Gasteiger partial charge in [0.2, 0.25) is 0 Å². The Hall–Kier alpha value is -2.19. The number of aliphatic hydroxyl groups excluding tert-OH is 1. The summed E-state index contributed by atoms with van der Waals surface area (Å²) in [5.41, 5.74) is 0.0584. The maximum absolute atomic E-state index is 11.8. The highest BCUT2D eigenvalue weighted by atomic mass is 16.5. The molecule has 8 nitrogen and oxygen atoms in total. The number of pyridine rings is 1. The number of hydrogen-bond donors (Lipinski definition) is 4. The third-order valence-electron chi connectivity index (χ3n) is 3.02. The first-order valence-electron chi connectivity index (χ1n) is 5.97. The van der Waals surface area contributed by atoms with Gasteiger partial charge in [-0.2, -0.15) is 0 Å². The fraction of sp³-hybridized carbons (Fsp3) is 0.417. The number of anilines is 1. The highest BCUT2D eigenvalue weighted by Crippen LogP contribution is 2.25. The maximum atomic E-state index is 11.8. The predicted octanol–water partition coefficient (Wildman–Crippen LogP) is -0.0898. The number of carbonyl (C=O) groups is 2. The highest BCUT2D eigenvalue weighted by Gasteiger charge is 2.38. The van der Waals surface area contributed by atoms with Crippen LogP contribution in [-0.4, -0.2) is 53.6 Å². The Balaban J connectivity index is 1.90. The Morgan fingerprint density at radius 3 is 2.60 bits per heavy atom. The van der Waals surface area contributed by atoms with E-state index < -0.39 is 11.5 Å². The van der Waals surface area contributed by atoms with Gasteiger partial charge in [-0.1, -0.05) is 0 Å². The summed E-state index contributed by atoms with van der Waals surface area (Å²) < 4.78 is 5.03. The van der Waals surface area contributed by atoms with Crippen molar-refractivity contribution < 1.29 is 24.5 Å². The zero-order valence-electron chi connectivity index (χ0n) is 10.6. The van der Waals surface area contributed by atoms with Crippen molar-refractivity contribution in [2.24, 2.45) is 5.41 Å². The molecule has 108 valence electrons. The molecule has 8 heteroatoms. The summed E-state index contributed by atoms with van der Waals surface area (Å²) in [5, 5.41) is 22.6. The fourth-order valence-electron chi connectivity index (χ4n) is 1.72. The second-order valence-corrected chi connectivity index (χ2v) is 4.70. The van der Waals surface area contributed by atoms with E-state index >= 15 is 0 Å². The molecule has 1 fully saturated rings. The van der Waals surface area contributed by atoms with Crippen molar-refractivity contribution in [1.82, 2.24) is 10.3 Å². The van der Waals surface area contributed by atoms with Crippen molar-refractivity contribution in [1.29, 1.82) is 0 Å². The zero-order valence-corrected chi connectivity index (χ0v) is 10.6. The molecule has 20 heavy (non-hydrogen) atoms. The second kappa shape index (κ2) is 5.85. The Kier molecular flexibility index (Phi) is 4.16. The van der Waals surface area contributed by atoms with E-state index in [0.717, 1.165) is 0 Å². The third kappa shape index (κ3) is 3.22. The van der Waals surface area contributed by atoms with E-state index in [4.69, 9.17) is 9.84 Å². The molecule has 1 aromatic rings. The Morgan fingerprint density at radius 2 is 2.15 bits per heavy atom. The van der Waals surface area contributed by atoms with Crippen molar-refractivity contribution in [3.8, 4) is 0 Å². The van der Waals surface area contributed by atoms with Gasteiger partial charge in [0.15, 0.2) is 0 Å². The lowest BCUT2D eigenvalue weighted by Crippen LogP contribution is -2.53. The van der Waals surface area contributed by atoms with Gasteiger partial charge in [0, 0.05) is 6.54 Å². The summed E-state index contributed by atoms with van der Waals surface area (Å²) in [6.07, 6.45) is 0.0657. The minimum atomic E-state index is -1.20. The van der Waals surface area contributed by atoms with Crippen LogP contribution < -0.4 is 10.6 Å². The van der Waals surface area contributed by atoms with E-state index in [1.54, 1.807) is 0 Å². The first kappa shape index (κ1) is 14.2. The van der Waals surface area contributed by atoms with E-state index in [9.17, 15) is 14.7 Å². The number of ether oxygens (including phenoxy) is 1. The largest absolute Gasteiger partial charge is 0.465 e. The first-order chi connectivity index (χ1) is 9.54. The standard InChI is InChI=1S/C12H15N3O5/c16-5-12(6-20-7-12)4-14-10(17)9-2-1-8(3-13-9)15-11(18)19/h1-3,15-16H,4-7H2,(H,14,17)(H,18,19). The van der Waals surface area contributed by atoms with E-state index in [1.807, 2.05) is 0 Å². The molecule has 0 bridgehead atoms. The topological polar surface area (TPSA) is 121 Å². The molecular weight excluding hydrogens is 266 g/mol.